The molecule has 3 aromatic carbocycles. The van der Waals surface area contributed by atoms with E-state index in [4.69, 9.17) is 0 Å². The van der Waals surface area contributed by atoms with E-state index >= 15 is 0 Å². The molecule has 0 saturated carbocycles. The molecule has 0 unspecified atom stereocenters. The van der Waals surface area contributed by atoms with Gasteiger partial charge in [-0.3, -0.25) is 19.7 Å². The molecule has 164 valence electrons. The van der Waals surface area contributed by atoms with E-state index in [1.807, 2.05) is 30.3 Å². The Hall–Kier alpha value is -3.93. The van der Waals surface area contributed by atoms with Crippen molar-refractivity contribution < 1.29 is 14.4 Å². The van der Waals surface area contributed by atoms with Crippen LogP contribution in [0.1, 0.15) is 45.2 Å². The maximum Gasteiger partial charge on any atom is 0.259 e. The number of nitrogens with one attached hydrogen (secondary N) is 2. The Morgan fingerprint density at radius 3 is 2.58 bits per heavy atom. The summed E-state index contributed by atoms with van der Waals surface area (Å²) in [7, 11) is 0. The van der Waals surface area contributed by atoms with Crippen molar-refractivity contribution in [1.82, 2.24) is 15.2 Å². The normalized spacial score (nSPS) is 14.2. The predicted octanol–water partition coefficient (Wildman–Crippen LogP) is 3.97. The number of aryl methyl sites for hydroxylation is 2. The van der Waals surface area contributed by atoms with Crippen molar-refractivity contribution in [3.63, 3.8) is 0 Å². The standard InChI is InChI=1S/C27H23N3O3/c1-15(31)28-13-6-14-30-20-10-5-4-9-18(20)22-24-23(26(32)29-27(24)33)19-12-11-16-7-2-3-8-17(16)21(19)25(22)30/h2-5,7-10H,6,11-14H2,1H3,(H,28,31)(H,29,32,33). The molecule has 4 aromatic rings. The first-order chi connectivity index (χ1) is 16.1. The fourth-order valence-corrected chi connectivity index (χ4v) is 5.58. The molecule has 0 spiro atoms. The van der Waals surface area contributed by atoms with Crippen molar-refractivity contribution in [3.8, 4) is 11.1 Å². The van der Waals surface area contributed by atoms with E-state index in [9.17, 15) is 14.4 Å². The average molecular weight is 437 g/mol. The Kier molecular flexibility index (Phi) is 4.37. The first kappa shape index (κ1) is 19.7. The number of benzene rings is 3. The summed E-state index contributed by atoms with van der Waals surface area (Å²) < 4.78 is 2.27. The molecule has 1 aromatic heterocycles. The molecule has 0 saturated heterocycles. The highest BCUT2D eigenvalue weighted by molar-refractivity contribution is 6.33. The van der Waals surface area contributed by atoms with Crippen LogP contribution in [0.3, 0.4) is 0 Å². The topological polar surface area (TPSA) is 80.2 Å². The molecule has 2 heterocycles. The Morgan fingerprint density at radius 1 is 0.970 bits per heavy atom. The summed E-state index contributed by atoms with van der Waals surface area (Å²) in [6.45, 7) is 2.78. The molecule has 1 aliphatic heterocycles. The molecular weight excluding hydrogens is 414 g/mol. The molecule has 0 atom stereocenters. The van der Waals surface area contributed by atoms with Gasteiger partial charge in [0.15, 0.2) is 0 Å². The molecule has 1 aliphatic carbocycles. The van der Waals surface area contributed by atoms with Gasteiger partial charge in [-0.25, -0.2) is 0 Å². The van der Waals surface area contributed by atoms with Crippen molar-refractivity contribution in [3.05, 3.63) is 70.8 Å². The monoisotopic (exact) mass is 437 g/mol. The van der Waals surface area contributed by atoms with E-state index < -0.39 is 0 Å². The number of nitrogens with zero attached hydrogens (tertiary/aromatic N) is 1. The lowest BCUT2D eigenvalue weighted by Gasteiger charge is -2.24. The van der Waals surface area contributed by atoms with Gasteiger partial charge in [0, 0.05) is 41.9 Å². The molecule has 0 bridgehead atoms. The Balaban J connectivity index is 1.73. The van der Waals surface area contributed by atoms with Gasteiger partial charge in [0.25, 0.3) is 11.8 Å². The van der Waals surface area contributed by atoms with Crippen LogP contribution in [0.25, 0.3) is 32.9 Å². The smallest absolute Gasteiger partial charge is 0.259 e. The molecule has 6 heteroatoms. The van der Waals surface area contributed by atoms with Gasteiger partial charge in [-0.05, 0) is 42.0 Å². The summed E-state index contributed by atoms with van der Waals surface area (Å²) in [5, 5.41) is 7.25. The molecule has 0 radical (unpaired) electrons. The minimum absolute atomic E-state index is 0.0449. The predicted molar refractivity (Wildman–Crippen MR) is 127 cm³/mol. The molecule has 3 amide bonds. The van der Waals surface area contributed by atoms with Gasteiger partial charge in [0.2, 0.25) is 5.91 Å². The van der Waals surface area contributed by atoms with E-state index in [-0.39, 0.29) is 17.7 Å². The minimum atomic E-state index is -0.317. The molecule has 2 N–H and O–H groups in total. The van der Waals surface area contributed by atoms with E-state index in [1.54, 1.807) is 0 Å². The Morgan fingerprint density at radius 2 is 1.73 bits per heavy atom. The van der Waals surface area contributed by atoms with E-state index in [0.29, 0.717) is 24.2 Å². The SMILES string of the molecule is CC(=O)NCCCn1c2ccccc2c2c3c(c4c(c21)-c1ccccc1CC4)C(=O)NC3=O. The van der Waals surface area contributed by atoms with Crippen LogP contribution in [0.5, 0.6) is 0 Å². The zero-order valence-corrected chi connectivity index (χ0v) is 18.3. The summed E-state index contributed by atoms with van der Waals surface area (Å²) >= 11 is 0. The maximum atomic E-state index is 13.0. The molecule has 33 heavy (non-hydrogen) atoms. The second-order valence-corrected chi connectivity index (χ2v) is 8.77. The van der Waals surface area contributed by atoms with Gasteiger partial charge in [0.1, 0.15) is 0 Å². The van der Waals surface area contributed by atoms with Gasteiger partial charge < -0.3 is 9.88 Å². The van der Waals surface area contributed by atoms with Crippen molar-refractivity contribution in [2.75, 3.05) is 6.54 Å². The van der Waals surface area contributed by atoms with Crippen molar-refractivity contribution in [1.29, 1.82) is 0 Å². The van der Waals surface area contributed by atoms with Crippen LogP contribution < -0.4 is 10.6 Å². The first-order valence-electron chi connectivity index (χ1n) is 11.3. The van der Waals surface area contributed by atoms with Crippen LogP contribution in [0.15, 0.2) is 48.5 Å². The van der Waals surface area contributed by atoms with Crippen molar-refractivity contribution in [2.24, 2.45) is 0 Å². The zero-order chi connectivity index (χ0) is 22.7. The maximum absolute atomic E-state index is 13.0. The molecule has 2 aliphatic rings. The highest BCUT2D eigenvalue weighted by Gasteiger charge is 2.37. The largest absolute Gasteiger partial charge is 0.356 e. The van der Waals surface area contributed by atoms with Gasteiger partial charge >= 0.3 is 0 Å². The van der Waals surface area contributed by atoms with Crippen LogP contribution in [0.2, 0.25) is 0 Å². The minimum Gasteiger partial charge on any atom is -0.356 e. The van der Waals surface area contributed by atoms with E-state index in [1.165, 1.54) is 12.5 Å². The summed E-state index contributed by atoms with van der Waals surface area (Å²) in [5.41, 5.74) is 7.49. The number of hydrogen-bond donors (Lipinski definition) is 2. The Labute approximate surface area is 190 Å². The summed E-state index contributed by atoms with van der Waals surface area (Å²) in [6.07, 6.45) is 2.32. The van der Waals surface area contributed by atoms with Crippen LogP contribution in [-0.2, 0) is 24.2 Å². The molecule has 0 fully saturated rings. The molecule has 6 nitrogen and oxygen atoms in total. The average Bonchev–Trinajstić information content (AvgIpc) is 3.30. The third-order valence-electron chi connectivity index (χ3n) is 6.86. The first-order valence-corrected chi connectivity index (χ1v) is 11.3. The number of amides is 3. The summed E-state index contributed by atoms with van der Waals surface area (Å²) in [6, 6.07) is 16.4. The lowest BCUT2D eigenvalue weighted by Crippen LogP contribution is -2.22. The number of carbonyl (C=O) groups is 3. The second kappa shape index (κ2) is 7.30. The van der Waals surface area contributed by atoms with Crippen molar-refractivity contribution in [2.45, 2.75) is 32.7 Å². The number of para-hydroxylation sites is 1. The van der Waals surface area contributed by atoms with Gasteiger partial charge in [-0.1, -0.05) is 42.5 Å². The number of rotatable bonds is 4. The second-order valence-electron chi connectivity index (χ2n) is 8.77. The summed E-state index contributed by atoms with van der Waals surface area (Å²) in [4.78, 5) is 37.3. The highest BCUT2D eigenvalue weighted by atomic mass is 16.2. The van der Waals surface area contributed by atoms with Gasteiger partial charge in [0.05, 0.1) is 16.6 Å². The Bertz CT molecular complexity index is 1510. The fraction of sp³-hybridized carbons (Fsp3) is 0.222. The lowest BCUT2D eigenvalue weighted by atomic mass is 9.80. The van der Waals surface area contributed by atoms with E-state index in [2.05, 4.69) is 33.4 Å². The third kappa shape index (κ3) is 2.83. The van der Waals surface area contributed by atoms with Crippen LogP contribution in [0.4, 0.5) is 0 Å². The van der Waals surface area contributed by atoms with Gasteiger partial charge in [-0.15, -0.1) is 0 Å². The zero-order valence-electron chi connectivity index (χ0n) is 18.3. The number of imide groups is 1. The molecule has 6 rings (SSSR count). The number of hydrogen-bond acceptors (Lipinski definition) is 3. The molecular formula is C27H23N3O3. The van der Waals surface area contributed by atoms with Crippen LogP contribution in [0, 0.1) is 0 Å². The van der Waals surface area contributed by atoms with Gasteiger partial charge in [-0.2, -0.15) is 0 Å². The number of fused-ring (bicyclic) bond motifs is 10. The third-order valence-corrected chi connectivity index (χ3v) is 6.86. The van der Waals surface area contributed by atoms with E-state index in [0.717, 1.165) is 57.8 Å². The number of aromatic nitrogens is 1. The quantitative estimate of drug-likeness (QED) is 0.375. The lowest BCUT2D eigenvalue weighted by molar-refractivity contribution is -0.118. The highest BCUT2D eigenvalue weighted by Crippen LogP contribution is 2.47. The van der Waals surface area contributed by atoms with Crippen LogP contribution >= 0.6 is 0 Å². The fourth-order valence-electron chi connectivity index (χ4n) is 5.58. The number of carbonyl (C=O) groups excluding carboxylic acids is 3. The summed E-state index contributed by atoms with van der Waals surface area (Å²) in [5.74, 6) is -0.658. The van der Waals surface area contributed by atoms with Crippen molar-refractivity contribution >= 4 is 39.5 Å². The van der Waals surface area contributed by atoms with Crippen LogP contribution in [-0.4, -0.2) is 28.8 Å².